The van der Waals surface area contributed by atoms with E-state index < -0.39 is 0 Å². The van der Waals surface area contributed by atoms with Crippen molar-refractivity contribution < 1.29 is 9.53 Å². The summed E-state index contributed by atoms with van der Waals surface area (Å²) < 4.78 is 5.49. The molecule has 0 unspecified atom stereocenters. The summed E-state index contributed by atoms with van der Waals surface area (Å²) in [6.45, 7) is 14.0. The highest BCUT2D eigenvalue weighted by Crippen LogP contribution is 2.15. The standard InChI is InChI=1S/C14H30N2O2/c1-12(2)11-15-7-9-18-10-8-16(6)13(17)14(3,4)5/h12,15H,7-11H2,1-6H3. The van der Waals surface area contributed by atoms with Crippen molar-refractivity contribution in [2.24, 2.45) is 11.3 Å². The first-order chi connectivity index (χ1) is 8.25. The van der Waals surface area contributed by atoms with E-state index in [9.17, 15) is 4.79 Å². The number of likely N-dealkylation sites (N-methyl/N-ethyl adjacent to an activating group) is 1. The lowest BCUT2D eigenvalue weighted by Crippen LogP contribution is -2.38. The normalized spacial score (nSPS) is 11.9. The van der Waals surface area contributed by atoms with Gasteiger partial charge in [-0.15, -0.1) is 0 Å². The highest BCUT2D eigenvalue weighted by molar-refractivity contribution is 5.81. The van der Waals surface area contributed by atoms with Gasteiger partial charge in [0.15, 0.2) is 0 Å². The van der Waals surface area contributed by atoms with Gasteiger partial charge in [0.05, 0.1) is 13.2 Å². The maximum Gasteiger partial charge on any atom is 0.227 e. The summed E-state index contributed by atoms with van der Waals surface area (Å²) in [4.78, 5) is 13.6. The molecule has 0 aromatic heterocycles. The second kappa shape index (κ2) is 8.48. The predicted molar refractivity (Wildman–Crippen MR) is 75.6 cm³/mol. The maximum atomic E-state index is 11.9. The molecule has 0 aliphatic heterocycles. The van der Waals surface area contributed by atoms with Crippen LogP contribution in [0.3, 0.4) is 0 Å². The fraction of sp³-hybridized carbons (Fsp3) is 0.929. The fourth-order valence-corrected chi connectivity index (χ4v) is 1.51. The van der Waals surface area contributed by atoms with Crippen LogP contribution in [0.25, 0.3) is 0 Å². The number of hydrogen-bond donors (Lipinski definition) is 1. The second-order valence-electron chi connectivity index (χ2n) is 6.19. The van der Waals surface area contributed by atoms with Gasteiger partial charge in [0.2, 0.25) is 5.91 Å². The third-order valence-electron chi connectivity index (χ3n) is 2.54. The molecular weight excluding hydrogens is 228 g/mol. The van der Waals surface area contributed by atoms with Gasteiger partial charge in [0, 0.05) is 25.6 Å². The Hall–Kier alpha value is -0.610. The zero-order valence-electron chi connectivity index (χ0n) is 12.9. The smallest absolute Gasteiger partial charge is 0.227 e. The van der Waals surface area contributed by atoms with Gasteiger partial charge in [-0.2, -0.15) is 0 Å². The largest absolute Gasteiger partial charge is 0.378 e. The van der Waals surface area contributed by atoms with E-state index in [4.69, 9.17) is 4.74 Å². The van der Waals surface area contributed by atoms with Crippen LogP contribution in [-0.4, -0.2) is 50.7 Å². The van der Waals surface area contributed by atoms with E-state index in [2.05, 4.69) is 19.2 Å². The summed E-state index contributed by atoms with van der Waals surface area (Å²) in [6.07, 6.45) is 0. The van der Waals surface area contributed by atoms with Gasteiger partial charge in [-0.25, -0.2) is 0 Å². The molecule has 0 aromatic rings. The number of amides is 1. The molecule has 18 heavy (non-hydrogen) atoms. The van der Waals surface area contributed by atoms with Gasteiger partial charge in [0.25, 0.3) is 0 Å². The monoisotopic (exact) mass is 258 g/mol. The lowest BCUT2D eigenvalue weighted by Gasteiger charge is -2.25. The predicted octanol–water partition coefficient (Wildman–Crippen LogP) is 1.75. The van der Waals surface area contributed by atoms with Gasteiger partial charge >= 0.3 is 0 Å². The number of rotatable bonds is 8. The van der Waals surface area contributed by atoms with Crippen LogP contribution in [-0.2, 0) is 9.53 Å². The van der Waals surface area contributed by atoms with E-state index in [0.29, 0.717) is 25.7 Å². The maximum absolute atomic E-state index is 11.9. The topological polar surface area (TPSA) is 41.6 Å². The summed E-state index contributed by atoms with van der Waals surface area (Å²) in [5.74, 6) is 0.824. The number of carbonyl (C=O) groups excluding carboxylic acids is 1. The molecule has 108 valence electrons. The van der Waals surface area contributed by atoms with Crippen molar-refractivity contribution in [2.75, 3.05) is 39.9 Å². The Labute approximate surface area is 112 Å². The highest BCUT2D eigenvalue weighted by Gasteiger charge is 2.24. The molecule has 0 aromatic carbocycles. The summed E-state index contributed by atoms with van der Waals surface area (Å²) in [6, 6.07) is 0. The molecule has 1 N–H and O–H groups in total. The number of ether oxygens (including phenoxy) is 1. The quantitative estimate of drug-likeness (QED) is 0.674. The Balaban J connectivity index is 3.52. The Kier molecular flexibility index (Phi) is 8.20. The molecular formula is C14H30N2O2. The first kappa shape index (κ1) is 17.4. The third kappa shape index (κ3) is 8.48. The molecule has 0 heterocycles. The number of nitrogens with zero attached hydrogens (tertiary/aromatic N) is 1. The minimum absolute atomic E-state index is 0.157. The van der Waals surface area contributed by atoms with Crippen LogP contribution in [0.1, 0.15) is 34.6 Å². The van der Waals surface area contributed by atoms with Crippen molar-refractivity contribution in [1.29, 1.82) is 0 Å². The van der Waals surface area contributed by atoms with Crippen LogP contribution in [0.5, 0.6) is 0 Å². The lowest BCUT2D eigenvalue weighted by molar-refractivity contribution is -0.138. The molecule has 0 aliphatic rings. The van der Waals surface area contributed by atoms with Crippen LogP contribution < -0.4 is 5.32 Å². The summed E-state index contributed by atoms with van der Waals surface area (Å²) >= 11 is 0. The third-order valence-corrected chi connectivity index (χ3v) is 2.54. The Morgan fingerprint density at radius 1 is 1.28 bits per heavy atom. The molecule has 0 atom stereocenters. The number of nitrogens with one attached hydrogen (secondary N) is 1. The molecule has 4 heteroatoms. The first-order valence-electron chi connectivity index (χ1n) is 6.79. The van der Waals surface area contributed by atoms with Crippen molar-refractivity contribution >= 4 is 5.91 Å². The van der Waals surface area contributed by atoms with Gasteiger partial charge in [-0.1, -0.05) is 34.6 Å². The molecule has 0 saturated carbocycles. The van der Waals surface area contributed by atoms with Gasteiger partial charge in [-0.05, 0) is 12.5 Å². The molecule has 4 nitrogen and oxygen atoms in total. The number of carbonyl (C=O) groups is 1. The fourth-order valence-electron chi connectivity index (χ4n) is 1.51. The van der Waals surface area contributed by atoms with E-state index in [0.717, 1.165) is 13.1 Å². The lowest BCUT2D eigenvalue weighted by atomic mass is 9.95. The van der Waals surface area contributed by atoms with Gasteiger partial charge in [0.1, 0.15) is 0 Å². The average molecular weight is 258 g/mol. The highest BCUT2D eigenvalue weighted by atomic mass is 16.5. The van der Waals surface area contributed by atoms with E-state index in [1.807, 2.05) is 27.8 Å². The van der Waals surface area contributed by atoms with E-state index in [1.165, 1.54) is 0 Å². The van der Waals surface area contributed by atoms with Crippen LogP contribution in [0, 0.1) is 11.3 Å². The van der Waals surface area contributed by atoms with Gasteiger partial charge in [-0.3, -0.25) is 4.79 Å². The Morgan fingerprint density at radius 3 is 2.39 bits per heavy atom. The Morgan fingerprint density at radius 2 is 1.89 bits per heavy atom. The molecule has 0 rings (SSSR count). The zero-order chi connectivity index (χ0) is 14.2. The molecule has 0 radical (unpaired) electrons. The number of hydrogen-bond acceptors (Lipinski definition) is 3. The van der Waals surface area contributed by atoms with Crippen molar-refractivity contribution in [3.05, 3.63) is 0 Å². The molecule has 0 fully saturated rings. The zero-order valence-corrected chi connectivity index (χ0v) is 12.9. The van der Waals surface area contributed by atoms with Crippen molar-refractivity contribution in [3.8, 4) is 0 Å². The minimum atomic E-state index is -0.312. The SMILES string of the molecule is CC(C)CNCCOCCN(C)C(=O)C(C)(C)C. The minimum Gasteiger partial charge on any atom is -0.378 e. The Bertz CT molecular complexity index is 234. The van der Waals surface area contributed by atoms with Gasteiger partial charge < -0.3 is 15.0 Å². The molecule has 0 aliphatic carbocycles. The molecule has 0 spiro atoms. The first-order valence-corrected chi connectivity index (χ1v) is 6.79. The van der Waals surface area contributed by atoms with E-state index in [-0.39, 0.29) is 11.3 Å². The summed E-state index contributed by atoms with van der Waals surface area (Å²) in [5.41, 5.74) is -0.312. The van der Waals surface area contributed by atoms with E-state index in [1.54, 1.807) is 4.90 Å². The van der Waals surface area contributed by atoms with E-state index >= 15 is 0 Å². The van der Waals surface area contributed by atoms with Crippen LogP contribution in [0.4, 0.5) is 0 Å². The van der Waals surface area contributed by atoms with Crippen LogP contribution >= 0.6 is 0 Å². The van der Waals surface area contributed by atoms with Crippen molar-refractivity contribution in [2.45, 2.75) is 34.6 Å². The molecule has 0 bridgehead atoms. The summed E-state index contributed by atoms with van der Waals surface area (Å²) in [5, 5.41) is 3.31. The van der Waals surface area contributed by atoms with Crippen molar-refractivity contribution in [1.82, 2.24) is 10.2 Å². The molecule has 0 saturated heterocycles. The molecule has 1 amide bonds. The average Bonchev–Trinajstić information content (AvgIpc) is 2.24. The van der Waals surface area contributed by atoms with Crippen LogP contribution in [0.2, 0.25) is 0 Å². The summed E-state index contributed by atoms with van der Waals surface area (Å²) in [7, 11) is 1.83. The van der Waals surface area contributed by atoms with Crippen LogP contribution in [0.15, 0.2) is 0 Å². The van der Waals surface area contributed by atoms with Crippen molar-refractivity contribution in [3.63, 3.8) is 0 Å². The second-order valence-corrected chi connectivity index (χ2v) is 6.19.